The van der Waals surface area contributed by atoms with Crippen LogP contribution in [0.25, 0.3) is 6.08 Å². The summed E-state index contributed by atoms with van der Waals surface area (Å²) < 4.78 is 18.1. The van der Waals surface area contributed by atoms with E-state index in [9.17, 15) is 4.79 Å². The molecule has 5 nitrogen and oxygen atoms in total. The van der Waals surface area contributed by atoms with Crippen molar-refractivity contribution in [1.29, 1.82) is 0 Å². The fraction of sp³-hybridized carbons (Fsp3) is 0.591. The highest BCUT2D eigenvalue weighted by molar-refractivity contribution is 6.89. The van der Waals surface area contributed by atoms with Crippen molar-refractivity contribution < 1.29 is 18.8 Å². The maximum atomic E-state index is 12.7. The molecule has 0 spiro atoms. The number of hydrogen-bond acceptors (Lipinski definition) is 4. The minimum absolute atomic E-state index is 0.314. The maximum Gasteiger partial charge on any atom is 0.487 e. The summed E-state index contributed by atoms with van der Waals surface area (Å²) in [6, 6.07) is 6.06. The van der Waals surface area contributed by atoms with Crippen LogP contribution in [0.4, 0.5) is 4.79 Å². The Hall–Kier alpha value is -1.57. The Kier molecular flexibility index (Phi) is 7.08. The largest absolute Gasteiger partial charge is 0.487 e. The van der Waals surface area contributed by atoms with Crippen LogP contribution in [-0.2, 0) is 9.31 Å². The third-order valence-electron chi connectivity index (χ3n) is 5.77. The first kappa shape index (κ1) is 23.7. The quantitative estimate of drug-likeness (QED) is 0.629. The Morgan fingerprint density at radius 3 is 2.14 bits per heavy atom. The molecule has 0 N–H and O–H groups in total. The smallest absolute Gasteiger partial charge is 0.410 e. The van der Waals surface area contributed by atoms with Crippen LogP contribution in [0.1, 0.15) is 47.1 Å². The Balaban J connectivity index is 2.38. The van der Waals surface area contributed by atoms with Crippen molar-refractivity contribution in [2.45, 2.75) is 72.4 Å². The summed E-state index contributed by atoms with van der Waals surface area (Å²) in [5.41, 5.74) is 0.0839. The van der Waals surface area contributed by atoms with Gasteiger partial charge in [0.2, 0.25) is 0 Å². The average molecular weight is 417 g/mol. The second-order valence-electron chi connectivity index (χ2n) is 9.50. The molecule has 2 rings (SSSR count). The molecule has 7 heteroatoms. The highest BCUT2D eigenvalue weighted by Gasteiger charge is 2.50. The first-order valence-electron chi connectivity index (χ1n) is 10.5. The zero-order chi connectivity index (χ0) is 22.0. The van der Waals surface area contributed by atoms with Gasteiger partial charge in [-0.05, 0) is 46.7 Å². The van der Waals surface area contributed by atoms with Crippen molar-refractivity contribution in [3.05, 3.63) is 29.7 Å². The van der Waals surface area contributed by atoms with Gasteiger partial charge in [0.25, 0.3) is 0 Å². The van der Waals surface area contributed by atoms with Crippen LogP contribution in [0.15, 0.2) is 24.2 Å². The van der Waals surface area contributed by atoms with Crippen LogP contribution in [-0.4, -0.2) is 50.5 Å². The summed E-state index contributed by atoms with van der Waals surface area (Å²) >= 11 is 0. The van der Waals surface area contributed by atoms with E-state index in [1.54, 1.807) is 4.90 Å². The second kappa shape index (κ2) is 8.66. The van der Waals surface area contributed by atoms with E-state index < -0.39 is 15.2 Å². The molecule has 1 aromatic carbocycles. The number of rotatable bonds is 6. The number of benzene rings is 1. The first-order valence-corrected chi connectivity index (χ1v) is 14.0. The third-order valence-corrected chi connectivity index (χ3v) is 7.78. The molecule has 0 atom stereocenters. The van der Waals surface area contributed by atoms with Crippen LogP contribution in [0, 0.1) is 0 Å². The molecule has 1 amide bonds. The Labute approximate surface area is 177 Å². The number of ether oxygens (including phenoxy) is 1. The van der Waals surface area contributed by atoms with Crippen molar-refractivity contribution in [3.8, 4) is 5.75 Å². The van der Waals surface area contributed by atoms with E-state index in [1.165, 1.54) is 0 Å². The zero-order valence-corrected chi connectivity index (χ0v) is 20.5. The Morgan fingerprint density at radius 1 is 1.10 bits per heavy atom. The lowest BCUT2D eigenvalue weighted by Crippen LogP contribution is -2.41. The fourth-order valence-electron chi connectivity index (χ4n) is 3.17. The van der Waals surface area contributed by atoms with Crippen molar-refractivity contribution >= 4 is 32.5 Å². The predicted octanol–water partition coefficient (Wildman–Crippen LogP) is 4.72. The van der Waals surface area contributed by atoms with Gasteiger partial charge in [-0.2, -0.15) is 0 Å². The maximum absolute atomic E-state index is 12.7. The van der Waals surface area contributed by atoms with Gasteiger partial charge in [0.1, 0.15) is 5.75 Å². The molecule has 1 fully saturated rings. The van der Waals surface area contributed by atoms with Crippen LogP contribution in [0.3, 0.4) is 0 Å². The minimum atomic E-state index is -1.73. The second-order valence-corrected chi connectivity index (χ2v) is 14.5. The third kappa shape index (κ3) is 5.33. The minimum Gasteiger partial charge on any atom is -0.410 e. The van der Waals surface area contributed by atoms with Crippen LogP contribution in [0.2, 0.25) is 19.6 Å². The average Bonchev–Trinajstić information content (AvgIpc) is 2.81. The molecule has 29 heavy (non-hydrogen) atoms. The van der Waals surface area contributed by atoms with Crippen LogP contribution < -0.4 is 9.92 Å². The lowest BCUT2D eigenvalue weighted by atomic mass is 9.89. The van der Waals surface area contributed by atoms with Crippen molar-refractivity contribution in [3.63, 3.8) is 0 Å². The number of carbonyl (C=O) groups excluding carboxylic acids is 1. The standard InChI is InChI=1S/C22H36BNO4Si/c1-10-24(11-2)20(25)26-19-17(13-12-14-18(19)29(7,8)9)15-16-23-27-21(3,4)22(5,6)28-23/h12-16H,10-11H2,1-9H3/b16-15+. The molecule has 0 aliphatic carbocycles. The zero-order valence-electron chi connectivity index (χ0n) is 19.5. The SMILES string of the molecule is CCN(CC)C(=O)Oc1c(/C=C/B2OC(C)(C)C(C)(C)O2)cccc1[Si](C)(C)C. The van der Waals surface area contributed by atoms with Crippen molar-refractivity contribution in [2.75, 3.05) is 13.1 Å². The number of hydrogen-bond donors (Lipinski definition) is 0. The number of amides is 1. The number of carbonyl (C=O) groups is 1. The molecule has 1 heterocycles. The number of nitrogens with zero attached hydrogens (tertiary/aromatic N) is 1. The highest BCUT2D eigenvalue weighted by atomic mass is 28.3. The van der Waals surface area contributed by atoms with Gasteiger partial charge in [0.05, 0.1) is 19.3 Å². The topological polar surface area (TPSA) is 48.0 Å². The molecule has 0 saturated carbocycles. The van der Waals surface area contributed by atoms with E-state index in [0.717, 1.165) is 10.8 Å². The summed E-state index contributed by atoms with van der Waals surface area (Å²) in [6.07, 6.45) is 1.63. The Morgan fingerprint density at radius 2 is 1.66 bits per heavy atom. The van der Waals surface area contributed by atoms with Gasteiger partial charge in [0.15, 0.2) is 0 Å². The van der Waals surface area contributed by atoms with Gasteiger partial charge in [-0.1, -0.05) is 49.9 Å². The van der Waals surface area contributed by atoms with E-state index in [2.05, 4.69) is 25.7 Å². The van der Waals surface area contributed by atoms with Crippen LogP contribution in [0.5, 0.6) is 5.75 Å². The molecule has 1 aromatic rings. The van der Waals surface area contributed by atoms with E-state index in [4.69, 9.17) is 14.0 Å². The summed E-state index contributed by atoms with van der Waals surface area (Å²) in [5.74, 6) is 2.55. The summed E-state index contributed by atoms with van der Waals surface area (Å²) in [5, 5.41) is 1.12. The fourth-order valence-corrected chi connectivity index (χ4v) is 4.65. The van der Waals surface area contributed by atoms with Crippen molar-refractivity contribution in [2.24, 2.45) is 0 Å². The van der Waals surface area contributed by atoms with Crippen molar-refractivity contribution in [1.82, 2.24) is 4.90 Å². The van der Waals surface area contributed by atoms with E-state index in [1.807, 2.05) is 65.7 Å². The predicted molar refractivity (Wildman–Crippen MR) is 123 cm³/mol. The molecular weight excluding hydrogens is 381 g/mol. The van der Waals surface area contributed by atoms with Crippen LogP contribution >= 0.6 is 0 Å². The molecule has 1 aliphatic rings. The lowest BCUT2D eigenvalue weighted by Gasteiger charge is -2.32. The van der Waals surface area contributed by atoms with Gasteiger partial charge in [-0.15, -0.1) is 0 Å². The Bertz CT molecular complexity index is 751. The molecule has 1 aliphatic heterocycles. The van der Waals surface area contributed by atoms with Gasteiger partial charge >= 0.3 is 13.2 Å². The van der Waals surface area contributed by atoms with Gasteiger partial charge in [-0.3, -0.25) is 0 Å². The van der Waals surface area contributed by atoms with E-state index >= 15 is 0 Å². The molecule has 0 unspecified atom stereocenters. The molecule has 1 saturated heterocycles. The van der Waals surface area contributed by atoms with Gasteiger partial charge in [-0.25, -0.2) is 4.79 Å². The molecular formula is C22H36BNO4Si. The molecule has 0 radical (unpaired) electrons. The van der Waals surface area contributed by atoms with Gasteiger partial charge in [0, 0.05) is 18.7 Å². The highest BCUT2D eigenvalue weighted by Crippen LogP contribution is 2.37. The monoisotopic (exact) mass is 417 g/mol. The van der Waals surface area contributed by atoms with E-state index in [0.29, 0.717) is 18.8 Å². The molecule has 160 valence electrons. The van der Waals surface area contributed by atoms with E-state index in [-0.39, 0.29) is 17.3 Å². The normalized spacial score (nSPS) is 18.3. The van der Waals surface area contributed by atoms with Gasteiger partial charge < -0.3 is 18.9 Å². The number of para-hydroxylation sites is 1. The summed E-state index contributed by atoms with van der Waals surface area (Å²) in [4.78, 5) is 14.4. The summed E-state index contributed by atoms with van der Waals surface area (Å²) in [6.45, 7) is 20.0. The lowest BCUT2D eigenvalue weighted by molar-refractivity contribution is 0.00578. The summed E-state index contributed by atoms with van der Waals surface area (Å²) in [7, 11) is -2.17. The molecule has 0 aromatic heterocycles. The molecule has 0 bridgehead atoms. The first-order chi connectivity index (χ1) is 13.3.